The Morgan fingerprint density at radius 1 is 1.26 bits per heavy atom. The van der Waals surface area contributed by atoms with E-state index >= 15 is 0 Å². The number of imidazole rings is 1. The predicted octanol–water partition coefficient (Wildman–Crippen LogP) is 3.51. The Hall–Kier alpha value is -3.13. The molecular weight excluding hydrogens is 362 g/mol. The summed E-state index contributed by atoms with van der Waals surface area (Å²) in [5.74, 6) is 1.09. The minimum atomic E-state index is -0.373. The maximum Gasteiger partial charge on any atom is 0.330 e. The van der Waals surface area contributed by atoms with Gasteiger partial charge in [-0.15, -0.1) is 0 Å². The first-order chi connectivity index (χ1) is 13.2. The molecule has 3 aromatic rings. The maximum absolute atomic E-state index is 11.5. The van der Waals surface area contributed by atoms with Crippen LogP contribution in [0.25, 0.3) is 6.08 Å². The third-order valence-corrected chi connectivity index (χ3v) is 4.99. The molecule has 7 nitrogen and oxygen atoms in total. The first-order valence-electron chi connectivity index (χ1n) is 8.47. The van der Waals surface area contributed by atoms with Crippen molar-refractivity contribution in [2.75, 3.05) is 11.9 Å². The number of anilines is 2. The van der Waals surface area contributed by atoms with Gasteiger partial charge >= 0.3 is 5.97 Å². The van der Waals surface area contributed by atoms with Gasteiger partial charge in [-0.3, -0.25) is 0 Å². The fourth-order valence-electron chi connectivity index (χ4n) is 2.72. The standard InChI is InChI=1S/C19H17N5O2S/c1-2-26-17(25)6-5-16-20-9-10-24(16)12-13-3-4-15-14(11-13)23-18-19(27-15)22-8-7-21-18/h3-11H,2,12H2,1H3,(H,21,23)/b6-5+. The van der Waals surface area contributed by atoms with Gasteiger partial charge in [-0.1, -0.05) is 17.8 Å². The van der Waals surface area contributed by atoms with E-state index in [9.17, 15) is 4.79 Å². The smallest absolute Gasteiger partial charge is 0.330 e. The maximum atomic E-state index is 11.5. The second-order valence-electron chi connectivity index (χ2n) is 5.77. The van der Waals surface area contributed by atoms with Crippen molar-refractivity contribution in [1.82, 2.24) is 19.5 Å². The first-order valence-corrected chi connectivity index (χ1v) is 9.29. The Balaban J connectivity index is 1.52. The second kappa shape index (κ2) is 7.63. The molecule has 0 saturated carbocycles. The molecule has 136 valence electrons. The summed E-state index contributed by atoms with van der Waals surface area (Å²) in [5.41, 5.74) is 2.12. The summed E-state index contributed by atoms with van der Waals surface area (Å²) in [6.45, 7) is 2.76. The molecule has 0 saturated heterocycles. The van der Waals surface area contributed by atoms with Gasteiger partial charge in [0.15, 0.2) is 5.82 Å². The highest BCUT2D eigenvalue weighted by Gasteiger charge is 2.17. The lowest BCUT2D eigenvalue weighted by molar-refractivity contribution is -0.137. The van der Waals surface area contributed by atoms with Gasteiger partial charge in [0.2, 0.25) is 0 Å². The molecule has 1 aliphatic heterocycles. The molecule has 0 fully saturated rings. The highest BCUT2D eigenvalue weighted by molar-refractivity contribution is 7.99. The van der Waals surface area contributed by atoms with Crippen LogP contribution >= 0.6 is 11.8 Å². The highest BCUT2D eigenvalue weighted by atomic mass is 32.2. The molecule has 27 heavy (non-hydrogen) atoms. The molecule has 0 radical (unpaired) electrons. The third-order valence-electron chi connectivity index (χ3n) is 3.92. The van der Waals surface area contributed by atoms with Gasteiger partial charge < -0.3 is 14.6 Å². The van der Waals surface area contributed by atoms with Crippen LogP contribution in [0.5, 0.6) is 0 Å². The van der Waals surface area contributed by atoms with Gasteiger partial charge in [0, 0.05) is 42.3 Å². The van der Waals surface area contributed by atoms with Crippen molar-refractivity contribution in [2.45, 2.75) is 23.4 Å². The number of ether oxygens (including phenoxy) is 1. The van der Waals surface area contributed by atoms with E-state index in [1.807, 2.05) is 10.8 Å². The number of carbonyl (C=O) groups excluding carboxylic acids is 1. The number of carbonyl (C=O) groups is 1. The van der Waals surface area contributed by atoms with E-state index in [0.717, 1.165) is 27.0 Å². The molecule has 2 aromatic heterocycles. The van der Waals surface area contributed by atoms with Crippen molar-refractivity contribution in [3.63, 3.8) is 0 Å². The average Bonchev–Trinajstić information content (AvgIpc) is 3.12. The number of nitrogens with one attached hydrogen (secondary N) is 1. The minimum Gasteiger partial charge on any atom is -0.463 e. The largest absolute Gasteiger partial charge is 0.463 e. The molecule has 1 N–H and O–H groups in total. The summed E-state index contributed by atoms with van der Waals surface area (Å²) >= 11 is 1.60. The number of fused-ring (bicyclic) bond motifs is 2. The Morgan fingerprint density at radius 2 is 2.15 bits per heavy atom. The molecule has 0 amide bonds. The Labute approximate surface area is 160 Å². The summed E-state index contributed by atoms with van der Waals surface area (Å²) in [6.07, 6.45) is 10.0. The molecule has 0 spiro atoms. The normalized spacial score (nSPS) is 12.3. The zero-order valence-electron chi connectivity index (χ0n) is 14.6. The molecule has 1 aromatic carbocycles. The molecule has 0 bridgehead atoms. The summed E-state index contributed by atoms with van der Waals surface area (Å²) in [5, 5.41) is 4.21. The predicted molar refractivity (Wildman–Crippen MR) is 103 cm³/mol. The van der Waals surface area contributed by atoms with Crippen molar-refractivity contribution < 1.29 is 9.53 Å². The second-order valence-corrected chi connectivity index (χ2v) is 6.80. The molecule has 3 heterocycles. The van der Waals surface area contributed by atoms with Crippen molar-refractivity contribution >= 4 is 35.3 Å². The zero-order valence-corrected chi connectivity index (χ0v) is 15.4. The molecule has 4 rings (SSSR count). The fraction of sp³-hybridized carbons (Fsp3) is 0.158. The van der Waals surface area contributed by atoms with Crippen LogP contribution in [0.1, 0.15) is 18.3 Å². The van der Waals surface area contributed by atoms with Crippen LogP contribution in [-0.4, -0.2) is 32.1 Å². The Bertz CT molecular complexity index is 1010. The van der Waals surface area contributed by atoms with Gasteiger partial charge in [-0.25, -0.2) is 19.7 Å². The Kier molecular flexibility index (Phi) is 4.88. The third kappa shape index (κ3) is 3.85. The fourth-order valence-corrected chi connectivity index (χ4v) is 3.60. The van der Waals surface area contributed by atoms with Gasteiger partial charge in [0.25, 0.3) is 0 Å². The zero-order chi connectivity index (χ0) is 18.6. The summed E-state index contributed by atoms with van der Waals surface area (Å²) < 4.78 is 6.88. The quantitative estimate of drug-likeness (QED) is 0.420. The van der Waals surface area contributed by atoms with Gasteiger partial charge in [-0.05, 0) is 30.7 Å². The van der Waals surface area contributed by atoms with Crippen LogP contribution in [0.3, 0.4) is 0 Å². The van der Waals surface area contributed by atoms with Gasteiger partial charge in [-0.2, -0.15) is 0 Å². The lowest BCUT2D eigenvalue weighted by Gasteiger charge is -2.19. The number of hydrogen-bond donors (Lipinski definition) is 1. The first kappa shape index (κ1) is 17.3. The van der Waals surface area contributed by atoms with E-state index in [4.69, 9.17) is 4.74 Å². The SMILES string of the molecule is CCOC(=O)/C=C/c1nccn1Cc1ccc2c(c1)Nc1nccnc1S2. The van der Waals surface area contributed by atoms with Crippen molar-refractivity contribution in [2.24, 2.45) is 0 Å². The Morgan fingerprint density at radius 3 is 3.04 bits per heavy atom. The van der Waals surface area contributed by atoms with Gasteiger partial charge in [0.05, 0.1) is 12.3 Å². The van der Waals surface area contributed by atoms with Crippen molar-refractivity contribution in [3.05, 3.63) is 60.5 Å². The van der Waals surface area contributed by atoms with E-state index in [1.165, 1.54) is 6.08 Å². The number of esters is 1. The van der Waals surface area contributed by atoms with Crippen molar-refractivity contribution in [3.8, 4) is 0 Å². The van der Waals surface area contributed by atoms with Crippen molar-refractivity contribution in [1.29, 1.82) is 0 Å². The molecule has 0 atom stereocenters. The molecule has 0 unspecified atom stereocenters. The van der Waals surface area contributed by atoms with E-state index < -0.39 is 0 Å². The number of hydrogen-bond acceptors (Lipinski definition) is 7. The monoisotopic (exact) mass is 379 g/mol. The van der Waals surface area contributed by atoms with Crippen LogP contribution in [0.2, 0.25) is 0 Å². The lowest BCUT2D eigenvalue weighted by Crippen LogP contribution is -2.06. The number of benzene rings is 1. The van der Waals surface area contributed by atoms with E-state index in [0.29, 0.717) is 19.0 Å². The van der Waals surface area contributed by atoms with E-state index in [1.54, 1.807) is 43.4 Å². The van der Waals surface area contributed by atoms with Gasteiger partial charge in [0.1, 0.15) is 10.9 Å². The van der Waals surface area contributed by atoms with Crippen LogP contribution in [-0.2, 0) is 16.1 Å². The topological polar surface area (TPSA) is 81.9 Å². The van der Waals surface area contributed by atoms with Crippen LogP contribution in [0.15, 0.2) is 59.0 Å². The molecule has 1 aliphatic rings. The number of rotatable bonds is 5. The van der Waals surface area contributed by atoms with Crippen LogP contribution < -0.4 is 5.32 Å². The molecular formula is C19H17N5O2S. The van der Waals surface area contributed by atoms with E-state index in [2.05, 4.69) is 38.5 Å². The molecule has 8 heteroatoms. The number of aromatic nitrogens is 4. The van der Waals surface area contributed by atoms with Crippen LogP contribution in [0, 0.1) is 0 Å². The molecule has 0 aliphatic carbocycles. The summed E-state index contributed by atoms with van der Waals surface area (Å²) in [4.78, 5) is 25.6. The summed E-state index contributed by atoms with van der Waals surface area (Å²) in [6, 6.07) is 6.25. The highest BCUT2D eigenvalue weighted by Crippen LogP contribution is 2.42. The average molecular weight is 379 g/mol. The minimum absolute atomic E-state index is 0.352. The summed E-state index contributed by atoms with van der Waals surface area (Å²) in [7, 11) is 0. The van der Waals surface area contributed by atoms with E-state index in [-0.39, 0.29) is 5.97 Å². The van der Waals surface area contributed by atoms with Crippen LogP contribution in [0.4, 0.5) is 11.5 Å². The lowest BCUT2D eigenvalue weighted by atomic mass is 10.2. The number of nitrogens with zero attached hydrogens (tertiary/aromatic N) is 4.